The number of hydrogen-bond donors (Lipinski definition) is 1. The van der Waals surface area contributed by atoms with Gasteiger partial charge >= 0.3 is 0 Å². The van der Waals surface area contributed by atoms with Gasteiger partial charge in [-0.05, 0) is 37.9 Å². The van der Waals surface area contributed by atoms with Gasteiger partial charge in [-0.2, -0.15) is 0 Å². The summed E-state index contributed by atoms with van der Waals surface area (Å²) in [6, 6.07) is 8.97. The summed E-state index contributed by atoms with van der Waals surface area (Å²) in [6.07, 6.45) is 1.07. The smallest absolute Gasteiger partial charge is 0.136 e. The van der Waals surface area contributed by atoms with E-state index in [1.54, 1.807) is 7.11 Å². The largest absolute Gasteiger partial charge is 0.495 e. The predicted octanol–water partition coefficient (Wildman–Crippen LogP) is 3.06. The number of rotatable bonds is 4. The third-order valence-corrected chi connectivity index (χ3v) is 3.97. The fraction of sp³-hybridized carbons (Fsp3) is 0.385. The molecule has 0 aliphatic carbocycles. The van der Waals surface area contributed by atoms with E-state index >= 15 is 0 Å². The van der Waals surface area contributed by atoms with E-state index in [0.29, 0.717) is 6.04 Å². The van der Waals surface area contributed by atoms with E-state index in [1.807, 2.05) is 30.5 Å². The molecule has 1 aromatic heterocycles. The molecule has 0 radical (unpaired) electrons. The molecule has 0 saturated heterocycles. The van der Waals surface area contributed by atoms with Crippen LogP contribution in [0.3, 0.4) is 0 Å². The molecule has 0 bridgehead atoms. The molecule has 0 aliphatic rings. The van der Waals surface area contributed by atoms with Crippen molar-refractivity contribution in [2.24, 2.45) is 0 Å². The molecule has 16 heavy (non-hydrogen) atoms. The van der Waals surface area contributed by atoms with Gasteiger partial charge in [0.2, 0.25) is 0 Å². The van der Waals surface area contributed by atoms with E-state index < -0.39 is 0 Å². The molecule has 2 rings (SSSR count). The Morgan fingerprint density at radius 1 is 1.44 bits per heavy atom. The van der Waals surface area contributed by atoms with Crippen LogP contribution in [-0.2, 0) is 6.42 Å². The molecular weight excluding hydrogens is 218 g/mol. The van der Waals surface area contributed by atoms with Crippen molar-refractivity contribution in [1.29, 1.82) is 0 Å². The summed E-state index contributed by atoms with van der Waals surface area (Å²) in [4.78, 5) is 1.40. The number of benzene rings is 1. The van der Waals surface area contributed by atoms with Gasteiger partial charge in [0.15, 0.2) is 0 Å². The SMILES string of the molecule is CNC(C)Cc1cc2cccc(OC)c2s1. The highest BCUT2D eigenvalue weighted by Crippen LogP contribution is 2.33. The number of nitrogens with one attached hydrogen (secondary N) is 1. The first kappa shape index (κ1) is 11.4. The third kappa shape index (κ3) is 2.20. The van der Waals surface area contributed by atoms with Crippen molar-refractivity contribution in [1.82, 2.24) is 5.32 Å². The molecule has 1 heterocycles. The van der Waals surface area contributed by atoms with Crippen molar-refractivity contribution in [3.63, 3.8) is 0 Å². The van der Waals surface area contributed by atoms with Crippen molar-refractivity contribution in [2.75, 3.05) is 14.2 Å². The molecule has 3 heteroatoms. The van der Waals surface area contributed by atoms with Crippen molar-refractivity contribution in [2.45, 2.75) is 19.4 Å². The molecule has 86 valence electrons. The number of fused-ring (bicyclic) bond motifs is 1. The first-order valence-electron chi connectivity index (χ1n) is 5.47. The molecule has 1 atom stereocenters. The van der Waals surface area contributed by atoms with Gasteiger partial charge in [-0.1, -0.05) is 12.1 Å². The molecule has 0 aliphatic heterocycles. The van der Waals surface area contributed by atoms with Crippen LogP contribution in [0.25, 0.3) is 10.1 Å². The van der Waals surface area contributed by atoms with Gasteiger partial charge in [0.05, 0.1) is 11.8 Å². The molecule has 1 aromatic carbocycles. The Labute approximate surface area is 100 Å². The number of methoxy groups -OCH3 is 1. The van der Waals surface area contributed by atoms with E-state index in [4.69, 9.17) is 4.74 Å². The zero-order chi connectivity index (χ0) is 11.5. The van der Waals surface area contributed by atoms with Crippen LogP contribution in [0.2, 0.25) is 0 Å². The van der Waals surface area contributed by atoms with Gasteiger partial charge in [-0.3, -0.25) is 0 Å². The minimum absolute atomic E-state index is 0.513. The first-order valence-corrected chi connectivity index (χ1v) is 6.29. The van der Waals surface area contributed by atoms with Crippen LogP contribution in [0.15, 0.2) is 24.3 Å². The average molecular weight is 235 g/mol. The fourth-order valence-electron chi connectivity index (χ4n) is 1.75. The summed E-state index contributed by atoms with van der Waals surface area (Å²) in [5.74, 6) is 0.978. The maximum Gasteiger partial charge on any atom is 0.136 e. The Kier molecular flexibility index (Phi) is 3.46. The van der Waals surface area contributed by atoms with Gasteiger partial charge in [-0.25, -0.2) is 0 Å². The molecule has 1 N–H and O–H groups in total. The predicted molar refractivity (Wildman–Crippen MR) is 70.6 cm³/mol. The van der Waals surface area contributed by atoms with E-state index in [-0.39, 0.29) is 0 Å². The summed E-state index contributed by atoms with van der Waals surface area (Å²) >= 11 is 1.83. The second-order valence-electron chi connectivity index (χ2n) is 3.99. The van der Waals surface area contributed by atoms with E-state index in [1.165, 1.54) is 15.0 Å². The first-order chi connectivity index (χ1) is 7.74. The number of ether oxygens (including phenoxy) is 1. The lowest BCUT2D eigenvalue weighted by molar-refractivity contribution is 0.420. The maximum absolute atomic E-state index is 5.37. The van der Waals surface area contributed by atoms with Crippen LogP contribution >= 0.6 is 11.3 Å². The average Bonchev–Trinajstić information content (AvgIpc) is 2.70. The zero-order valence-electron chi connectivity index (χ0n) is 9.91. The molecule has 0 spiro atoms. The van der Waals surface area contributed by atoms with Crippen LogP contribution in [0.4, 0.5) is 0 Å². The maximum atomic E-state index is 5.37. The van der Waals surface area contributed by atoms with Gasteiger partial charge in [0.25, 0.3) is 0 Å². The summed E-state index contributed by atoms with van der Waals surface area (Å²) in [5.41, 5.74) is 0. The van der Waals surface area contributed by atoms with Crippen molar-refractivity contribution >= 4 is 21.4 Å². The highest BCUT2D eigenvalue weighted by Gasteiger charge is 2.08. The van der Waals surface area contributed by atoms with Crippen molar-refractivity contribution in [3.05, 3.63) is 29.1 Å². The Hall–Kier alpha value is -1.06. The quantitative estimate of drug-likeness (QED) is 0.879. The van der Waals surface area contributed by atoms with E-state index in [2.05, 4.69) is 24.4 Å². The lowest BCUT2D eigenvalue weighted by Gasteiger charge is -2.06. The number of hydrogen-bond acceptors (Lipinski definition) is 3. The standard InChI is InChI=1S/C13H17NOS/c1-9(14-2)7-11-8-10-5-4-6-12(15-3)13(10)16-11/h4-6,8-9,14H,7H2,1-3H3. The zero-order valence-corrected chi connectivity index (χ0v) is 10.7. The van der Waals surface area contributed by atoms with Gasteiger partial charge in [0, 0.05) is 10.9 Å². The van der Waals surface area contributed by atoms with E-state index in [9.17, 15) is 0 Å². The minimum Gasteiger partial charge on any atom is -0.495 e. The minimum atomic E-state index is 0.513. The van der Waals surface area contributed by atoms with Gasteiger partial charge in [0.1, 0.15) is 5.75 Å². The second-order valence-corrected chi connectivity index (χ2v) is 5.12. The van der Waals surface area contributed by atoms with Gasteiger partial charge < -0.3 is 10.1 Å². The topological polar surface area (TPSA) is 21.3 Å². The second kappa shape index (κ2) is 4.85. The molecule has 0 fully saturated rings. The number of thiophene rings is 1. The van der Waals surface area contributed by atoms with Crippen LogP contribution in [-0.4, -0.2) is 20.2 Å². The van der Waals surface area contributed by atoms with Crippen LogP contribution in [0.5, 0.6) is 5.75 Å². The normalized spacial score (nSPS) is 12.9. The summed E-state index contributed by atoms with van der Waals surface area (Å²) in [6.45, 7) is 2.20. The van der Waals surface area contributed by atoms with E-state index in [0.717, 1.165) is 12.2 Å². The summed E-state index contributed by atoms with van der Waals surface area (Å²) in [5, 5.41) is 4.54. The fourth-order valence-corrected chi connectivity index (χ4v) is 3.03. The molecule has 2 aromatic rings. The molecule has 0 amide bonds. The summed E-state index contributed by atoms with van der Waals surface area (Å²) in [7, 11) is 3.73. The molecule has 2 nitrogen and oxygen atoms in total. The third-order valence-electron chi connectivity index (χ3n) is 2.78. The van der Waals surface area contributed by atoms with Crippen LogP contribution < -0.4 is 10.1 Å². The van der Waals surface area contributed by atoms with Crippen LogP contribution in [0, 0.1) is 0 Å². The molecule has 1 unspecified atom stereocenters. The molecular formula is C13H17NOS. The van der Waals surface area contributed by atoms with Gasteiger partial charge in [-0.15, -0.1) is 11.3 Å². The highest BCUT2D eigenvalue weighted by molar-refractivity contribution is 7.19. The highest BCUT2D eigenvalue weighted by atomic mass is 32.1. The summed E-state index contributed by atoms with van der Waals surface area (Å²) < 4.78 is 6.62. The number of likely N-dealkylation sites (N-methyl/N-ethyl adjacent to an activating group) is 1. The Morgan fingerprint density at radius 2 is 2.25 bits per heavy atom. The monoisotopic (exact) mass is 235 g/mol. The van der Waals surface area contributed by atoms with Crippen LogP contribution in [0.1, 0.15) is 11.8 Å². The lowest BCUT2D eigenvalue weighted by Crippen LogP contribution is -2.22. The Bertz CT molecular complexity index is 478. The lowest BCUT2D eigenvalue weighted by atomic mass is 10.2. The molecule has 0 saturated carbocycles. The van der Waals surface area contributed by atoms with Crippen molar-refractivity contribution in [3.8, 4) is 5.75 Å². The Balaban J connectivity index is 2.36. The Morgan fingerprint density at radius 3 is 2.94 bits per heavy atom. The van der Waals surface area contributed by atoms with Crippen molar-refractivity contribution < 1.29 is 4.74 Å².